The minimum Gasteiger partial charge on any atom is -0.495 e. The van der Waals surface area contributed by atoms with Gasteiger partial charge in [0.25, 0.3) is 0 Å². The molecule has 1 heterocycles. The first-order chi connectivity index (χ1) is 6.72. The van der Waals surface area contributed by atoms with Crippen molar-refractivity contribution < 1.29 is 14.6 Å². The highest BCUT2D eigenvalue weighted by Crippen LogP contribution is 2.21. The van der Waals surface area contributed by atoms with Crippen LogP contribution in [0.1, 0.15) is 22.2 Å². The SMILES string of the molecule is COc1ccc(C=O)nc1C(N)CO. The van der Waals surface area contributed by atoms with Gasteiger partial charge in [-0.3, -0.25) is 4.79 Å². The van der Waals surface area contributed by atoms with Gasteiger partial charge >= 0.3 is 0 Å². The first-order valence-corrected chi connectivity index (χ1v) is 4.09. The number of ether oxygens (including phenoxy) is 1. The largest absolute Gasteiger partial charge is 0.495 e. The van der Waals surface area contributed by atoms with Crippen LogP contribution in [0, 0.1) is 0 Å². The molecule has 0 saturated heterocycles. The topological polar surface area (TPSA) is 85.4 Å². The van der Waals surface area contributed by atoms with Gasteiger partial charge in [-0.05, 0) is 12.1 Å². The number of hydrogen-bond acceptors (Lipinski definition) is 5. The first-order valence-electron chi connectivity index (χ1n) is 4.09. The summed E-state index contributed by atoms with van der Waals surface area (Å²) < 4.78 is 5.00. The Hall–Kier alpha value is -1.46. The zero-order valence-corrected chi connectivity index (χ0v) is 7.80. The Bertz CT molecular complexity index is 328. The van der Waals surface area contributed by atoms with Crippen molar-refractivity contribution in [1.29, 1.82) is 0 Å². The van der Waals surface area contributed by atoms with Crippen molar-refractivity contribution in [3.05, 3.63) is 23.5 Å². The van der Waals surface area contributed by atoms with Crippen molar-refractivity contribution in [2.24, 2.45) is 5.73 Å². The van der Waals surface area contributed by atoms with E-state index in [1.165, 1.54) is 13.2 Å². The van der Waals surface area contributed by atoms with Crippen LogP contribution in [0.15, 0.2) is 12.1 Å². The van der Waals surface area contributed by atoms with Crippen LogP contribution in [-0.4, -0.2) is 30.1 Å². The average molecular weight is 196 g/mol. The van der Waals surface area contributed by atoms with Gasteiger partial charge in [-0.2, -0.15) is 0 Å². The number of aromatic nitrogens is 1. The molecule has 0 aliphatic heterocycles. The van der Waals surface area contributed by atoms with E-state index in [4.69, 9.17) is 15.6 Å². The van der Waals surface area contributed by atoms with E-state index in [9.17, 15) is 4.79 Å². The van der Waals surface area contributed by atoms with Gasteiger partial charge in [0.05, 0.1) is 19.8 Å². The Morgan fingerprint density at radius 1 is 1.71 bits per heavy atom. The highest BCUT2D eigenvalue weighted by Gasteiger charge is 2.13. The molecule has 5 heteroatoms. The van der Waals surface area contributed by atoms with Crippen molar-refractivity contribution in [2.75, 3.05) is 13.7 Å². The van der Waals surface area contributed by atoms with Gasteiger partial charge in [-0.1, -0.05) is 0 Å². The Balaban J connectivity index is 3.14. The molecule has 1 rings (SSSR count). The molecule has 5 nitrogen and oxygen atoms in total. The molecule has 0 bridgehead atoms. The van der Waals surface area contributed by atoms with E-state index in [0.717, 1.165) is 0 Å². The molecule has 0 spiro atoms. The van der Waals surface area contributed by atoms with Crippen LogP contribution in [0.25, 0.3) is 0 Å². The van der Waals surface area contributed by atoms with Gasteiger partial charge in [-0.25, -0.2) is 4.98 Å². The maximum Gasteiger partial charge on any atom is 0.168 e. The number of methoxy groups -OCH3 is 1. The van der Waals surface area contributed by atoms with Crippen LogP contribution in [0.4, 0.5) is 0 Å². The van der Waals surface area contributed by atoms with Crippen LogP contribution in [0.5, 0.6) is 5.75 Å². The third-order valence-electron chi connectivity index (χ3n) is 1.80. The number of carbonyl (C=O) groups excluding carboxylic acids is 1. The number of aliphatic hydroxyl groups is 1. The third kappa shape index (κ3) is 2.07. The van der Waals surface area contributed by atoms with Gasteiger partial charge in [0.2, 0.25) is 0 Å². The van der Waals surface area contributed by atoms with Crippen LogP contribution < -0.4 is 10.5 Å². The molecule has 0 fully saturated rings. The first kappa shape index (κ1) is 10.6. The van der Waals surface area contributed by atoms with Crippen LogP contribution in [-0.2, 0) is 0 Å². The van der Waals surface area contributed by atoms with E-state index in [2.05, 4.69) is 4.98 Å². The summed E-state index contributed by atoms with van der Waals surface area (Å²) in [5, 5.41) is 8.86. The summed E-state index contributed by atoms with van der Waals surface area (Å²) in [5.74, 6) is 0.470. The number of nitrogens with two attached hydrogens (primary N) is 1. The number of rotatable bonds is 4. The van der Waals surface area contributed by atoms with Crippen molar-refractivity contribution >= 4 is 6.29 Å². The number of aliphatic hydroxyl groups excluding tert-OH is 1. The predicted octanol–water partition coefficient (Wildman–Crippen LogP) is -0.105. The van der Waals surface area contributed by atoms with Gasteiger partial charge in [-0.15, -0.1) is 0 Å². The van der Waals surface area contributed by atoms with Gasteiger partial charge in [0.1, 0.15) is 17.1 Å². The molecule has 76 valence electrons. The second-order valence-corrected chi connectivity index (χ2v) is 2.73. The van der Waals surface area contributed by atoms with Gasteiger partial charge in [0, 0.05) is 0 Å². The lowest BCUT2D eigenvalue weighted by molar-refractivity contribution is 0.111. The fourth-order valence-corrected chi connectivity index (χ4v) is 1.07. The van der Waals surface area contributed by atoms with E-state index in [1.54, 1.807) is 6.07 Å². The monoisotopic (exact) mass is 196 g/mol. The molecule has 1 atom stereocenters. The van der Waals surface area contributed by atoms with Crippen LogP contribution >= 0.6 is 0 Å². The zero-order chi connectivity index (χ0) is 10.6. The average Bonchev–Trinajstić information content (AvgIpc) is 2.27. The fourth-order valence-electron chi connectivity index (χ4n) is 1.07. The molecule has 0 amide bonds. The minimum atomic E-state index is -0.634. The van der Waals surface area contributed by atoms with Gasteiger partial charge < -0.3 is 15.6 Å². The Kier molecular flexibility index (Phi) is 3.55. The Morgan fingerprint density at radius 2 is 2.43 bits per heavy atom. The predicted molar refractivity (Wildman–Crippen MR) is 50.2 cm³/mol. The summed E-state index contributed by atoms with van der Waals surface area (Å²) in [4.78, 5) is 14.4. The lowest BCUT2D eigenvalue weighted by Crippen LogP contribution is -2.17. The summed E-state index contributed by atoms with van der Waals surface area (Å²) in [6.45, 7) is -0.244. The third-order valence-corrected chi connectivity index (χ3v) is 1.80. The van der Waals surface area contributed by atoms with Crippen molar-refractivity contribution in [3.63, 3.8) is 0 Å². The van der Waals surface area contributed by atoms with Crippen LogP contribution in [0.2, 0.25) is 0 Å². The molecular formula is C9H12N2O3. The van der Waals surface area contributed by atoms with Crippen molar-refractivity contribution in [3.8, 4) is 5.75 Å². The molecule has 14 heavy (non-hydrogen) atoms. The number of carbonyl (C=O) groups is 1. The van der Waals surface area contributed by atoms with E-state index in [0.29, 0.717) is 17.7 Å². The second-order valence-electron chi connectivity index (χ2n) is 2.73. The summed E-state index contributed by atoms with van der Waals surface area (Å²) in [5.41, 5.74) is 6.24. The highest BCUT2D eigenvalue weighted by atomic mass is 16.5. The highest BCUT2D eigenvalue weighted by molar-refractivity contribution is 5.72. The summed E-state index contributed by atoms with van der Waals surface area (Å²) in [6, 6.07) is 2.49. The van der Waals surface area contributed by atoms with E-state index in [1.807, 2.05) is 0 Å². The van der Waals surface area contributed by atoms with Crippen molar-refractivity contribution in [2.45, 2.75) is 6.04 Å². The molecule has 0 aliphatic carbocycles. The number of pyridine rings is 1. The summed E-state index contributed by atoms with van der Waals surface area (Å²) >= 11 is 0. The lowest BCUT2D eigenvalue weighted by atomic mass is 10.2. The zero-order valence-electron chi connectivity index (χ0n) is 7.80. The van der Waals surface area contributed by atoms with Crippen LogP contribution in [0.3, 0.4) is 0 Å². The quantitative estimate of drug-likeness (QED) is 0.656. The lowest BCUT2D eigenvalue weighted by Gasteiger charge is -2.12. The molecule has 1 unspecified atom stereocenters. The Morgan fingerprint density at radius 3 is 2.93 bits per heavy atom. The maximum atomic E-state index is 10.5. The normalized spacial score (nSPS) is 12.2. The fraction of sp³-hybridized carbons (Fsp3) is 0.333. The molecule has 0 saturated carbocycles. The summed E-state index contributed by atoms with van der Waals surface area (Å²) in [7, 11) is 1.48. The van der Waals surface area contributed by atoms with E-state index in [-0.39, 0.29) is 12.3 Å². The number of aldehydes is 1. The Labute approximate surface area is 81.5 Å². The smallest absolute Gasteiger partial charge is 0.168 e. The molecule has 0 aliphatic rings. The van der Waals surface area contributed by atoms with Gasteiger partial charge in [0.15, 0.2) is 6.29 Å². The molecule has 3 N–H and O–H groups in total. The second kappa shape index (κ2) is 4.69. The molecule has 1 aromatic heterocycles. The standard InChI is InChI=1S/C9H12N2O3/c1-14-8-3-2-6(4-12)11-9(8)7(10)5-13/h2-4,7,13H,5,10H2,1H3. The van der Waals surface area contributed by atoms with Crippen molar-refractivity contribution in [1.82, 2.24) is 4.98 Å². The van der Waals surface area contributed by atoms with E-state index < -0.39 is 6.04 Å². The molecule has 1 aromatic rings. The molecule has 0 aromatic carbocycles. The number of nitrogens with zero attached hydrogens (tertiary/aromatic N) is 1. The number of hydrogen-bond donors (Lipinski definition) is 2. The maximum absolute atomic E-state index is 10.5. The minimum absolute atomic E-state index is 0.244. The summed E-state index contributed by atoms with van der Waals surface area (Å²) in [6.07, 6.45) is 0.618. The van der Waals surface area contributed by atoms with E-state index >= 15 is 0 Å². The molecular weight excluding hydrogens is 184 g/mol. The molecule has 0 radical (unpaired) electrons.